The van der Waals surface area contributed by atoms with Crippen LogP contribution < -0.4 is 14.8 Å². The van der Waals surface area contributed by atoms with E-state index >= 15 is 0 Å². The minimum Gasteiger partial charge on any atom is -0.497 e. The Kier molecular flexibility index (Phi) is 7.64. The van der Waals surface area contributed by atoms with Crippen molar-refractivity contribution < 1.29 is 14.3 Å². The highest BCUT2D eigenvalue weighted by Crippen LogP contribution is 2.31. The molecule has 0 fully saturated rings. The van der Waals surface area contributed by atoms with Crippen LogP contribution in [0.5, 0.6) is 11.5 Å². The van der Waals surface area contributed by atoms with Crippen molar-refractivity contribution in [2.24, 2.45) is 0 Å². The number of thioether (sulfide) groups is 1. The lowest BCUT2D eigenvalue weighted by atomic mass is 9.87. The molecule has 0 radical (unpaired) electrons. The van der Waals surface area contributed by atoms with Gasteiger partial charge in [-0.25, -0.2) is 0 Å². The molecule has 1 heterocycles. The summed E-state index contributed by atoms with van der Waals surface area (Å²) >= 11 is 1.33. The lowest BCUT2D eigenvalue weighted by molar-refractivity contribution is -0.113. The van der Waals surface area contributed by atoms with Gasteiger partial charge < -0.3 is 14.8 Å². The number of hydrogen-bond acceptors (Lipinski definition) is 6. The fourth-order valence-corrected chi connectivity index (χ4v) is 4.39. The Labute approximate surface area is 215 Å². The number of rotatable bonds is 8. The van der Waals surface area contributed by atoms with E-state index in [1.807, 2.05) is 28.8 Å². The summed E-state index contributed by atoms with van der Waals surface area (Å²) in [6, 6.07) is 23.3. The van der Waals surface area contributed by atoms with E-state index in [2.05, 4.69) is 60.6 Å². The predicted octanol–water partition coefficient (Wildman–Crippen LogP) is 5.98. The summed E-state index contributed by atoms with van der Waals surface area (Å²) in [4.78, 5) is 12.6. The summed E-state index contributed by atoms with van der Waals surface area (Å²) in [5.41, 5.74) is 3.83. The van der Waals surface area contributed by atoms with Gasteiger partial charge in [-0.15, -0.1) is 10.2 Å². The largest absolute Gasteiger partial charge is 0.497 e. The van der Waals surface area contributed by atoms with E-state index in [9.17, 15) is 4.79 Å². The van der Waals surface area contributed by atoms with Gasteiger partial charge in [0.2, 0.25) is 5.91 Å². The minimum atomic E-state index is -0.134. The van der Waals surface area contributed by atoms with Crippen molar-refractivity contribution >= 4 is 23.4 Å². The normalized spacial score (nSPS) is 11.2. The van der Waals surface area contributed by atoms with Crippen LogP contribution >= 0.6 is 11.8 Å². The number of nitrogens with zero attached hydrogens (tertiary/aromatic N) is 3. The van der Waals surface area contributed by atoms with Crippen LogP contribution in [0.1, 0.15) is 26.3 Å². The first-order chi connectivity index (χ1) is 17.3. The van der Waals surface area contributed by atoms with Crippen LogP contribution in [-0.4, -0.2) is 40.6 Å². The molecule has 0 saturated carbocycles. The van der Waals surface area contributed by atoms with Crippen LogP contribution in [0, 0.1) is 0 Å². The van der Waals surface area contributed by atoms with Crippen LogP contribution in [0.4, 0.5) is 5.69 Å². The molecule has 7 nitrogen and oxygen atoms in total. The molecule has 4 aromatic rings. The van der Waals surface area contributed by atoms with Crippen LogP contribution in [-0.2, 0) is 10.2 Å². The van der Waals surface area contributed by atoms with Gasteiger partial charge in [-0.1, -0.05) is 56.8 Å². The number of aromatic nitrogens is 3. The summed E-state index contributed by atoms with van der Waals surface area (Å²) in [7, 11) is 3.25. The van der Waals surface area contributed by atoms with Gasteiger partial charge in [0.25, 0.3) is 0 Å². The van der Waals surface area contributed by atoms with E-state index in [1.165, 1.54) is 17.3 Å². The first-order valence-corrected chi connectivity index (χ1v) is 12.5. The standard InChI is InChI=1S/C28H30N4O3S/c1-28(2,3)20-8-6-19(7-9-20)26-30-31-27(32(26)22-12-16-24(35-5)17-13-22)36-18-25(33)29-21-10-14-23(34-4)15-11-21/h6-17H,18H2,1-5H3,(H,29,33). The summed E-state index contributed by atoms with van der Waals surface area (Å²) in [6.07, 6.45) is 0. The molecule has 4 rings (SSSR count). The number of amides is 1. The first-order valence-electron chi connectivity index (χ1n) is 11.6. The Balaban J connectivity index is 1.59. The molecule has 0 atom stereocenters. The minimum absolute atomic E-state index is 0.0560. The average Bonchev–Trinajstić information content (AvgIpc) is 3.31. The average molecular weight is 503 g/mol. The Hall–Kier alpha value is -3.78. The molecule has 0 aliphatic rings. The van der Waals surface area contributed by atoms with E-state index in [1.54, 1.807) is 38.5 Å². The van der Waals surface area contributed by atoms with Gasteiger partial charge in [0.1, 0.15) is 11.5 Å². The molecule has 0 aliphatic carbocycles. The number of hydrogen-bond donors (Lipinski definition) is 1. The number of anilines is 1. The fourth-order valence-electron chi connectivity index (χ4n) is 3.64. The zero-order valence-electron chi connectivity index (χ0n) is 21.1. The summed E-state index contributed by atoms with van der Waals surface area (Å²) < 4.78 is 12.5. The van der Waals surface area contributed by atoms with E-state index in [0.717, 1.165) is 22.7 Å². The Morgan fingerprint density at radius 1 is 0.861 bits per heavy atom. The number of nitrogens with one attached hydrogen (secondary N) is 1. The van der Waals surface area contributed by atoms with Gasteiger partial charge in [-0.2, -0.15) is 0 Å². The van der Waals surface area contributed by atoms with E-state index in [-0.39, 0.29) is 17.1 Å². The summed E-state index contributed by atoms with van der Waals surface area (Å²) in [5.74, 6) is 2.25. The highest BCUT2D eigenvalue weighted by molar-refractivity contribution is 7.99. The van der Waals surface area contributed by atoms with Crippen molar-refractivity contribution in [3.8, 4) is 28.6 Å². The number of carbonyl (C=O) groups excluding carboxylic acids is 1. The van der Waals surface area contributed by atoms with E-state index in [4.69, 9.17) is 9.47 Å². The molecule has 36 heavy (non-hydrogen) atoms. The maximum absolute atomic E-state index is 12.6. The monoisotopic (exact) mass is 502 g/mol. The number of methoxy groups -OCH3 is 2. The Morgan fingerprint density at radius 2 is 1.44 bits per heavy atom. The molecule has 186 valence electrons. The van der Waals surface area contributed by atoms with Crippen LogP contribution in [0.15, 0.2) is 78.0 Å². The lowest BCUT2D eigenvalue weighted by Gasteiger charge is -2.19. The summed E-state index contributed by atoms with van der Waals surface area (Å²) in [6.45, 7) is 6.56. The molecule has 0 bridgehead atoms. The molecule has 3 aromatic carbocycles. The first kappa shape index (κ1) is 25.3. The molecule has 1 amide bonds. The van der Waals surface area contributed by atoms with Crippen LogP contribution in [0.2, 0.25) is 0 Å². The molecular formula is C28H30N4O3S. The van der Waals surface area contributed by atoms with E-state index in [0.29, 0.717) is 16.7 Å². The maximum atomic E-state index is 12.6. The van der Waals surface area contributed by atoms with Gasteiger partial charge in [0, 0.05) is 16.9 Å². The fraction of sp³-hybridized carbons (Fsp3) is 0.250. The molecule has 8 heteroatoms. The van der Waals surface area contributed by atoms with Gasteiger partial charge in [0.15, 0.2) is 11.0 Å². The third-order valence-corrected chi connectivity index (χ3v) is 6.61. The SMILES string of the molecule is COc1ccc(NC(=O)CSc2nnc(-c3ccc(C(C)(C)C)cc3)n2-c2ccc(OC)cc2)cc1. The number of carbonyl (C=O) groups is 1. The summed E-state index contributed by atoms with van der Waals surface area (Å²) in [5, 5.41) is 12.5. The second-order valence-electron chi connectivity index (χ2n) is 9.23. The predicted molar refractivity (Wildman–Crippen MR) is 144 cm³/mol. The van der Waals surface area contributed by atoms with Crippen molar-refractivity contribution in [2.75, 3.05) is 25.3 Å². The van der Waals surface area contributed by atoms with Crippen molar-refractivity contribution in [1.82, 2.24) is 14.8 Å². The lowest BCUT2D eigenvalue weighted by Crippen LogP contribution is -2.14. The van der Waals surface area contributed by atoms with Crippen molar-refractivity contribution in [3.05, 3.63) is 78.4 Å². The van der Waals surface area contributed by atoms with Gasteiger partial charge >= 0.3 is 0 Å². The second-order valence-corrected chi connectivity index (χ2v) is 10.2. The highest BCUT2D eigenvalue weighted by Gasteiger charge is 2.19. The maximum Gasteiger partial charge on any atom is 0.234 e. The van der Waals surface area contributed by atoms with Gasteiger partial charge in [-0.3, -0.25) is 9.36 Å². The number of benzene rings is 3. The Bertz CT molecular complexity index is 1310. The molecule has 0 saturated heterocycles. The molecular weight excluding hydrogens is 472 g/mol. The smallest absolute Gasteiger partial charge is 0.234 e. The zero-order valence-corrected chi connectivity index (χ0v) is 21.9. The topological polar surface area (TPSA) is 78.3 Å². The van der Waals surface area contributed by atoms with Crippen molar-refractivity contribution in [3.63, 3.8) is 0 Å². The van der Waals surface area contributed by atoms with Gasteiger partial charge in [0.05, 0.1) is 20.0 Å². The number of ether oxygens (including phenoxy) is 2. The third-order valence-electron chi connectivity index (χ3n) is 5.68. The quantitative estimate of drug-likeness (QED) is 0.299. The van der Waals surface area contributed by atoms with E-state index < -0.39 is 0 Å². The molecule has 1 N–H and O–H groups in total. The highest BCUT2D eigenvalue weighted by atomic mass is 32.2. The molecule has 0 spiro atoms. The van der Waals surface area contributed by atoms with Crippen molar-refractivity contribution in [2.45, 2.75) is 31.3 Å². The third kappa shape index (κ3) is 5.88. The Morgan fingerprint density at radius 3 is 2.00 bits per heavy atom. The van der Waals surface area contributed by atoms with Gasteiger partial charge in [-0.05, 0) is 59.5 Å². The van der Waals surface area contributed by atoms with Crippen molar-refractivity contribution in [1.29, 1.82) is 0 Å². The molecule has 1 aromatic heterocycles. The zero-order chi connectivity index (χ0) is 25.7. The van der Waals surface area contributed by atoms with Crippen LogP contribution in [0.3, 0.4) is 0 Å². The molecule has 0 unspecified atom stereocenters. The van der Waals surface area contributed by atoms with Crippen LogP contribution in [0.25, 0.3) is 17.1 Å². The molecule has 0 aliphatic heterocycles. The second kappa shape index (κ2) is 10.9.